The van der Waals surface area contributed by atoms with Crippen molar-refractivity contribution in [3.8, 4) is 0 Å². The minimum atomic E-state index is -0.376. The highest BCUT2D eigenvalue weighted by molar-refractivity contribution is 4.00. The fourth-order valence-electron chi connectivity index (χ4n) is 0.226. The van der Waals surface area contributed by atoms with Crippen LogP contribution in [-0.2, 0) is 14.2 Å². The van der Waals surface area contributed by atoms with E-state index in [9.17, 15) is 0 Å². The molecule has 0 aromatic carbocycles. The van der Waals surface area contributed by atoms with Gasteiger partial charge in [-0.2, -0.15) is 0 Å². The molecular formula is C4H10O5. The molecule has 0 heterocycles. The van der Waals surface area contributed by atoms with Crippen LogP contribution in [0.4, 0.5) is 0 Å². The number of ether oxygens (including phenoxy) is 3. The standard InChI is InChI=1S/C4H10O5/c5-1-7-3-9-4-8-2-6/h5-6H,1-4H2. The molecule has 0 atom stereocenters. The molecule has 5 heteroatoms. The molecule has 5 nitrogen and oxygen atoms in total. The zero-order valence-corrected chi connectivity index (χ0v) is 4.95. The molecule has 0 aliphatic rings. The van der Waals surface area contributed by atoms with Crippen molar-refractivity contribution >= 4 is 0 Å². The Hall–Kier alpha value is -0.200. The van der Waals surface area contributed by atoms with Crippen molar-refractivity contribution in [3.63, 3.8) is 0 Å². The Morgan fingerprint density at radius 1 is 0.778 bits per heavy atom. The van der Waals surface area contributed by atoms with Crippen molar-refractivity contribution in [2.45, 2.75) is 0 Å². The molecule has 0 amide bonds. The number of aliphatic hydroxyl groups is 2. The van der Waals surface area contributed by atoms with E-state index in [4.69, 9.17) is 10.2 Å². The maximum absolute atomic E-state index is 8.03. The lowest BCUT2D eigenvalue weighted by atomic mass is 11.3. The van der Waals surface area contributed by atoms with E-state index in [1.54, 1.807) is 0 Å². The van der Waals surface area contributed by atoms with Gasteiger partial charge in [-0.3, -0.25) is 0 Å². The van der Waals surface area contributed by atoms with Crippen LogP contribution in [0.2, 0.25) is 0 Å². The first kappa shape index (κ1) is 8.80. The number of rotatable bonds is 6. The monoisotopic (exact) mass is 138 g/mol. The summed E-state index contributed by atoms with van der Waals surface area (Å²) in [5, 5.41) is 16.1. The van der Waals surface area contributed by atoms with Crippen molar-refractivity contribution in [2.24, 2.45) is 0 Å². The molecule has 0 saturated heterocycles. The molecule has 0 aromatic heterocycles. The molecule has 2 N–H and O–H groups in total. The van der Waals surface area contributed by atoms with Crippen LogP contribution in [0, 0.1) is 0 Å². The highest BCUT2D eigenvalue weighted by atomic mass is 16.8. The smallest absolute Gasteiger partial charge is 0.152 e. The van der Waals surface area contributed by atoms with Gasteiger partial charge < -0.3 is 24.4 Å². The number of hydrogen-bond donors (Lipinski definition) is 2. The summed E-state index contributed by atoms with van der Waals surface area (Å²) in [4.78, 5) is 0. The van der Waals surface area contributed by atoms with Crippen molar-refractivity contribution in [1.29, 1.82) is 0 Å². The number of aliphatic hydroxyl groups excluding tert-OH is 2. The highest BCUT2D eigenvalue weighted by Gasteiger charge is 1.83. The van der Waals surface area contributed by atoms with E-state index in [-0.39, 0.29) is 27.2 Å². The third-order valence-electron chi connectivity index (χ3n) is 0.516. The van der Waals surface area contributed by atoms with E-state index in [0.717, 1.165) is 0 Å². The molecule has 0 fully saturated rings. The van der Waals surface area contributed by atoms with E-state index in [0.29, 0.717) is 0 Å². The van der Waals surface area contributed by atoms with Gasteiger partial charge in [-0.15, -0.1) is 0 Å². The van der Waals surface area contributed by atoms with Crippen molar-refractivity contribution in [1.82, 2.24) is 0 Å². The fourth-order valence-corrected chi connectivity index (χ4v) is 0.226. The Morgan fingerprint density at radius 3 is 1.56 bits per heavy atom. The first-order valence-corrected chi connectivity index (χ1v) is 2.36. The zero-order chi connectivity index (χ0) is 6.95. The van der Waals surface area contributed by atoms with Crippen molar-refractivity contribution in [2.75, 3.05) is 27.2 Å². The van der Waals surface area contributed by atoms with Crippen LogP contribution in [0.25, 0.3) is 0 Å². The first-order valence-electron chi connectivity index (χ1n) is 2.36. The van der Waals surface area contributed by atoms with Gasteiger partial charge in [-0.25, -0.2) is 0 Å². The Bertz CT molecular complexity index is 42.2. The third-order valence-corrected chi connectivity index (χ3v) is 0.516. The van der Waals surface area contributed by atoms with Gasteiger partial charge in [0.1, 0.15) is 13.6 Å². The summed E-state index contributed by atoms with van der Waals surface area (Å²) in [6.07, 6.45) is 0. The second kappa shape index (κ2) is 7.80. The summed E-state index contributed by atoms with van der Waals surface area (Å²) in [7, 11) is 0. The highest BCUT2D eigenvalue weighted by Crippen LogP contribution is 1.76. The van der Waals surface area contributed by atoms with E-state index in [1.165, 1.54) is 0 Å². The van der Waals surface area contributed by atoms with Crippen LogP contribution in [0.1, 0.15) is 0 Å². The average molecular weight is 138 g/mol. The average Bonchev–Trinajstić information content (AvgIpc) is 1.89. The summed E-state index contributed by atoms with van der Waals surface area (Å²) < 4.78 is 13.3. The minimum absolute atomic E-state index is 0.0312. The molecule has 0 aliphatic heterocycles. The van der Waals surface area contributed by atoms with Gasteiger partial charge in [-0.05, 0) is 0 Å². The van der Waals surface area contributed by atoms with Crippen LogP contribution in [0.5, 0.6) is 0 Å². The first-order chi connectivity index (χ1) is 4.41. The van der Waals surface area contributed by atoms with E-state index >= 15 is 0 Å². The van der Waals surface area contributed by atoms with Gasteiger partial charge in [0.2, 0.25) is 0 Å². The number of hydrogen-bond acceptors (Lipinski definition) is 5. The van der Waals surface area contributed by atoms with Gasteiger partial charge in [0.15, 0.2) is 13.6 Å². The molecule has 0 rings (SSSR count). The fraction of sp³-hybridized carbons (Fsp3) is 1.00. The maximum atomic E-state index is 8.03. The van der Waals surface area contributed by atoms with Gasteiger partial charge >= 0.3 is 0 Å². The summed E-state index contributed by atoms with van der Waals surface area (Å²) in [5.74, 6) is 0. The Morgan fingerprint density at radius 2 is 1.22 bits per heavy atom. The molecule has 0 unspecified atom stereocenters. The van der Waals surface area contributed by atoms with Crippen LogP contribution >= 0.6 is 0 Å². The van der Waals surface area contributed by atoms with E-state index < -0.39 is 0 Å². The summed E-state index contributed by atoms with van der Waals surface area (Å²) >= 11 is 0. The van der Waals surface area contributed by atoms with E-state index in [1.807, 2.05) is 0 Å². The molecule has 0 radical (unpaired) electrons. The summed E-state index contributed by atoms with van der Waals surface area (Å²) in [5.41, 5.74) is 0. The molecule has 56 valence electrons. The summed E-state index contributed by atoms with van der Waals surface area (Å²) in [6, 6.07) is 0. The molecule has 0 bridgehead atoms. The maximum Gasteiger partial charge on any atom is 0.152 e. The van der Waals surface area contributed by atoms with Gasteiger partial charge in [0, 0.05) is 0 Å². The quantitative estimate of drug-likeness (QED) is 0.358. The zero-order valence-electron chi connectivity index (χ0n) is 4.95. The van der Waals surface area contributed by atoms with E-state index in [2.05, 4.69) is 14.2 Å². The Balaban J connectivity index is 2.60. The van der Waals surface area contributed by atoms with Gasteiger partial charge in [-0.1, -0.05) is 0 Å². The Kier molecular flexibility index (Phi) is 7.63. The topological polar surface area (TPSA) is 68.2 Å². The lowest BCUT2D eigenvalue weighted by Crippen LogP contribution is -2.05. The van der Waals surface area contributed by atoms with Crippen LogP contribution in [0.3, 0.4) is 0 Å². The van der Waals surface area contributed by atoms with Crippen LogP contribution in [0.15, 0.2) is 0 Å². The largest absolute Gasteiger partial charge is 0.371 e. The van der Waals surface area contributed by atoms with Crippen molar-refractivity contribution in [3.05, 3.63) is 0 Å². The molecule has 0 aliphatic carbocycles. The normalized spacial score (nSPS) is 10.0. The lowest BCUT2D eigenvalue weighted by molar-refractivity contribution is -0.176. The van der Waals surface area contributed by atoms with Gasteiger partial charge in [0.25, 0.3) is 0 Å². The minimum Gasteiger partial charge on any atom is -0.371 e. The third kappa shape index (κ3) is 7.80. The summed E-state index contributed by atoms with van der Waals surface area (Å²) in [6.45, 7) is -0.814. The molecule has 0 saturated carbocycles. The molecular weight excluding hydrogens is 128 g/mol. The molecule has 0 aromatic rings. The lowest BCUT2D eigenvalue weighted by Gasteiger charge is -2.01. The predicted molar refractivity (Wildman–Crippen MR) is 27.2 cm³/mol. The predicted octanol–water partition coefficient (Wildman–Crippen LogP) is -1.15. The second-order valence-electron chi connectivity index (χ2n) is 1.11. The Labute approximate surface area is 52.8 Å². The van der Waals surface area contributed by atoms with Crippen LogP contribution in [-0.4, -0.2) is 37.4 Å². The molecule has 9 heavy (non-hydrogen) atoms. The second-order valence-corrected chi connectivity index (χ2v) is 1.11. The van der Waals surface area contributed by atoms with Crippen LogP contribution < -0.4 is 0 Å². The molecule has 0 spiro atoms. The van der Waals surface area contributed by atoms with Gasteiger partial charge in [0.05, 0.1) is 0 Å². The SMILES string of the molecule is OCOCOCOCO. The van der Waals surface area contributed by atoms with Crippen molar-refractivity contribution < 1.29 is 24.4 Å².